The fraction of sp³-hybridized carbons (Fsp3) is 0.735. The second kappa shape index (κ2) is 16.4. The lowest BCUT2D eigenvalue weighted by Crippen LogP contribution is -2.70. The summed E-state index contributed by atoms with van der Waals surface area (Å²) in [6, 6.07) is 0. The van der Waals surface area contributed by atoms with E-state index in [1.165, 1.54) is 26.8 Å². The zero-order valence-corrected chi connectivity index (χ0v) is 29.1. The number of fused-ring (bicyclic) bond motifs is 1. The zero-order valence-electron chi connectivity index (χ0n) is 29.1. The number of aliphatic hydroxyl groups is 4. The Morgan fingerprint density at radius 3 is 2.19 bits per heavy atom. The van der Waals surface area contributed by atoms with Crippen molar-refractivity contribution in [3.63, 3.8) is 0 Å². The molecule has 0 bridgehead atoms. The van der Waals surface area contributed by atoms with Gasteiger partial charge in [0, 0.05) is 25.3 Å². The number of allylic oxidation sites excluding steroid dienone is 1. The van der Waals surface area contributed by atoms with Gasteiger partial charge in [0.15, 0.2) is 29.5 Å². The van der Waals surface area contributed by atoms with Gasteiger partial charge in [-0.1, -0.05) is 45.6 Å². The van der Waals surface area contributed by atoms with Crippen LogP contribution in [-0.2, 0) is 42.9 Å². The number of hydrogen-bond acceptors (Lipinski definition) is 13. The predicted octanol–water partition coefficient (Wildman–Crippen LogP) is 2.42. The molecule has 0 saturated heterocycles. The number of rotatable bonds is 15. The Morgan fingerprint density at radius 2 is 1.67 bits per heavy atom. The quantitative estimate of drug-likeness (QED) is 0.0550. The van der Waals surface area contributed by atoms with Crippen LogP contribution in [0, 0.1) is 5.92 Å². The van der Waals surface area contributed by atoms with Crippen molar-refractivity contribution >= 4 is 29.8 Å². The summed E-state index contributed by atoms with van der Waals surface area (Å²) in [7, 11) is 0. The normalized spacial score (nSPS) is 30.8. The first kappa shape index (κ1) is 40.8. The topological polar surface area (TPSA) is 223 Å². The Labute approximate surface area is 281 Å². The van der Waals surface area contributed by atoms with Crippen LogP contribution in [0.4, 0.5) is 0 Å². The Kier molecular flexibility index (Phi) is 13.9. The highest BCUT2D eigenvalue weighted by Crippen LogP contribution is 2.54. The number of carbonyl (C=O) groups is 5. The molecular formula is C34H52O14. The minimum Gasteiger partial charge on any atom is -0.479 e. The fourth-order valence-corrected chi connectivity index (χ4v) is 6.58. The molecule has 0 amide bonds. The summed E-state index contributed by atoms with van der Waals surface area (Å²) in [6.45, 7) is 11.2. The summed E-state index contributed by atoms with van der Waals surface area (Å²) in [5.74, 6) is -7.18. The summed E-state index contributed by atoms with van der Waals surface area (Å²) in [5, 5.41) is 56.4. The second-order valence-electron chi connectivity index (χ2n) is 13.1. The molecule has 1 saturated carbocycles. The molecule has 0 aliphatic heterocycles. The maximum atomic E-state index is 13.4. The van der Waals surface area contributed by atoms with Gasteiger partial charge < -0.3 is 44.5 Å². The Morgan fingerprint density at radius 1 is 1.04 bits per heavy atom. The van der Waals surface area contributed by atoms with E-state index in [-0.39, 0.29) is 29.6 Å². The van der Waals surface area contributed by atoms with Crippen LogP contribution in [-0.4, -0.2) is 103 Å². The van der Waals surface area contributed by atoms with Gasteiger partial charge in [-0.25, -0.2) is 14.4 Å². The van der Waals surface area contributed by atoms with E-state index in [0.29, 0.717) is 19.8 Å². The van der Waals surface area contributed by atoms with Crippen LogP contribution in [0.5, 0.6) is 0 Å². The number of unbranched alkanes of at least 4 members (excludes halogenated alkanes) is 3. The van der Waals surface area contributed by atoms with Gasteiger partial charge in [-0.15, -0.1) is 0 Å². The fourth-order valence-electron chi connectivity index (χ4n) is 6.58. The van der Waals surface area contributed by atoms with Gasteiger partial charge in [-0.3, -0.25) is 9.59 Å². The third kappa shape index (κ3) is 8.27. The third-order valence-corrected chi connectivity index (χ3v) is 9.44. The molecule has 5 N–H and O–H groups in total. The molecule has 0 aromatic rings. The van der Waals surface area contributed by atoms with Crippen molar-refractivity contribution in [2.45, 2.75) is 154 Å². The van der Waals surface area contributed by atoms with E-state index >= 15 is 0 Å². The number of ether oxygens (including phenoxy) is 4. The van der Waals surface area contributed by atoms with E-state index < -0.39 is 89.5 Å². The molecular weight excluding hydrogens is 632 g/mol. The molecule has 14 heteroatoms. The molecule has 14 nitrogen and oxygen atoms in total. The van der Waals surface area contributed by atoms with Gasteiger partial charge in [-0.2, -0.15) is 0 Å². The van der Waals surface area contributed by atoms with Crippen molar-refractivity contribution in [1.82, 2.24) is 0 Å². The number of aliphatic carboxylic acids is 1. The Hall–Kier alpha value is -3.33. The molecule has 272 valence electrons. The van der Waals surface area contributed by atoms with E-state index in [9.17, 15) is 49.5 Å². The first-order valence-corrected chi connectivity index (χ1v) is 16.4. The monoisotopic (exact) mass is 684 g/mol. The average Bonchev–Trinajstić information content (AvgIpc) is 3.24. The van der Waals surface area contributed by atoms with Crippen molar-refractivity contribution in [1.29, 1.82) is 0 Å². The van der Waals surface area contributed by atoms with Crippen molar-refractivity contribution in [2.75, 3.05) is 0 Å². The molecule has 0 heterocycles. The predicted molar refractivity (Wildman–Crippen MR) is 169 cm³/mol. The van der Waals surface area contributed by atoms with Crippen molar-refractivity contribution in [2.24, 2.45) is 5.92 Å². The van der Waals surface area contributed by atoms with Gasteiger partial charge in [0.2, 0.25) is 0 Å². The first-order chi connectivity index (χ1) is 22.2. The molecule has 9 atom stereocenters. The summed E-state index contributed by atoms with van der Waals surface area (Å²) in [4.78, 5) is 64.3. The van der Waals surface area contributed by atoms with Crippen molar-refractivity contribution < 1.29 is 68.5 Å². The van der Waals surface area contributed by atoms with E-state index in [0.717, 1.165) is 26.2 Å². The molecule has 0 spiro atoms. The standard InChI is InChI=1S/C34H52O14/c1-9-12-13-14-16-21(36)30(40)47-27-25-24(19(5)26(27)46-29(39)18(4)11-3)28(38)34(44,33(8,43)31(41)42)22(45-23(37)15-10-2)17-32(25,7)48-20(6)35/h11,21-22,25-28,36,38,43-44H,9-10,12-17H2,1-8H3,(H,41,42)/b18-11-/t21-,22+,25-,26+,27+,28+,32+,33-,34-/m1/s1. The highest BCUT2D eigenvalue weighted by atomic mass is 16.6. The summed E-state index contributed by atoms with van der Waals surface area (Å²) >= 11 is 0. The second-order valence-corrected chi connectivity index (χ2v) is 13.1. The van der Waals surface area contributed by atoms with E-state index in [4.69, 9.17) is 18.9 Å². The number of aliphatic hydroxyl groups excluding tert-OH is 2. The van der Waals surface area contributed by atoms with Crippen LogP contribution >= 0.6 is 0 Å². The number of carboxylic acid groups (broad SMARTS) is 1. The minimum absolute atomic E-state index is 0.0153. The molecule has 0 radical (unpaired) electrons. The van der Waals surface area contributed by atoms with Gasteiger partial charge in [0.1, 0.15) is 17.8 Å². The van der Waals surface area contributed by atoms with E-state index in [1.54, 1.807) is 13.8 Å². The largest absolute Gasteiger partial charge is 0.479 e. The lowest BCUT2D eigenvalue weighted by Gasteiger charge is -2.45. The molecule has 2 rings (SSSR count). The molecule has 48 heavy (non-hydrogen) atoms. The van der Waals surface area contributed by atoms with Crippen LogP contribution in [0.25, 0.3) is 0 Å². The molecule has 2 aliphatic carbocycles. The highest BCUT2D eigenvalue weighted by Gasteiger charge is 2.71. The number of esters is 4. The third-order valence-electron chi connectivity index (χ3n) is 9.44. The zero-order chi connectivity index (χ0) is 36.8. The van der Waals surface area contributed by atoms with Crippen LogP contribution < -0.4 is 0 Å². The Balaban J connectivity index is 2.90. The van der Waals surface area contributed by atoms with E-state index in [1.807, 2.05) is 6.92 Å². The lowest BCUT2D eigenvalue weighted by molar-refractivity contribution is -0.247. The van der Waals surface area contributed by atoms with Crippen LogP contribution in [0.1, 0.15) is 107 Å². The highest BCUT2D eigenvalue weighted by molar-refractivity contribution is 5.88. The molecule has 1 fully saturated rings. The van der Waals surface area contributed by atoms with Gasteiger partial charge in [0.05, 0.1) is 5.92 Å². The van der Waals surface area contributed by atoms with Gasteiger partial charge >= 0.3 is 29.8 Å². The first-order valence-electron chi connectivity index (χ1n) is 16.4. The van der Waals surface area contributed by atoms with Crippen molar-refractivity contribution in [3.8, 4) is 0 Å². The maximum Gasteiger partial charge on any atom is 0.338 e. The van der Waals surface area contributed by atoms with Gasteiger partial charge in [0.25, 0.3) is 0 Å². The molecule has 0 unspecified atom stereocenters. The summed E-state index contributed by atoms with van der Waals surface area (Å²) in [6.07, 6.45) is -5.07. The van der Waals surface area contributed by atoms with Crippen molar-refractivity contribution in [3.05, 3.63) is 22.8 Å². The number of carbonyl (C=O) groups excluding carboxylic acids is 4. The maximum absolute atomic E-state index is 13.4. The SMILES string of the molecule is C/C=C(/C)C(=O)O[C@H]1C(C)=C2[C@H]([C@@H]1OC(=O)[C@H](O)CCCCCC)[C@@](C)(OC(C)=O)C[C@H](OC(=O)CCC)[C@](O)([C@](C)(O)C(=O)O)[C@H]2O. The van der Waals surface area contributed by atoms with Crippen LogP contribution in [0.15, 0.2) is 22.8 Å². The summed E-state index contributed by atoms with van der Waals surface area (Å²) in [5.41, 5.74) is -8.48. The number of hydrogen-bond donors (Lipinski definition) is 5. The van der Waals surface area contributed by atoms with E-state index in [2.05, 4.69) is 0 Å². The lowest BCUT2D eigenvalue weighted by atomic mass is 9.73. The molecule has 2 aliphatic rings. The summed E-state index contributed by atoms with van der Waals surface area (Å²) < 4.78 is 22.9. The number of carboxylic acids is 1. The molecule has 0 aromatic carbocycles. The van der Waals surface area contributed by atoms with Crippen LogP contribution in [0.3, 0.4) is 0 Å². The van der Waals surface area contributed by atoms with Gasteiger partial charge in [-0.05, 0) is 58.6 Å². The smallest absolute Gasteiger partial charge is 0.338 e. The van der Waals surface area contributed by atoms with Crippen LogP contribution in [0.2, 0.25) is 0 Å². The Bertz CT molecular complexity index is 1280. The minimum atomic E-state index is -3.19. The molecule has 0 aromatic heterocycles. The average molecular weight is 685 g/mol.